The van der Waals surface area contributed by atoms with Crippen molar-refractivity contribution in [1.82, 2.24) is 35.2 Å². The molecular formula is C40H32ClF7N8O4S. The molecule has 1 amide bonds. The minimum atomic E-state index is -5.15. The van der Waals surface area contributed by atoms with Crippen molar-refractivity contribution in [2.24, 2.45) is 13.0 Å². The molecule has 0 bridgehead atoms. The Balaban J connectivity index is 1.28. The number of alkyl halides is 5. The lowest BCUT2D eigenvalue weighted by molar-refractivity contribution is -0.142. The Morgan fingerprint density at radius 1 is 1.11 bits per heavy atom. The summed E-state index contributed by atoms with van der Waals surface area (Å²) in [6, 6.07) is 7.37. The fourth-order valence-corrected chi connectivity index (χ4v) is 8.56. The number of amides is 1. The van der Waals surface area contributed by atoms with Gasteiger partial charge in [0.2, 0.25) is 15.9 Å². The molecule has 3 aliphatic rings. The van der Waals surface area contributed by atoms with Crippen molar-refractivity contribution in [1.29, 1.82) is 0 Å². The summed E-state index contributed by atoms with van der Waals surface area (Å²) in [4.78, 5) is 18.9. The zero-order valence-corrected chi connectivity index (χ0v) is 33.7. The molecule has 5 aromatic rings. The molecule has 12 nitrogen and oxygen atoms in total. The quantitative estimate of drug-likeness (QED) is 0.124. The second-order valence-electron chi connectivity index (χ2n) is 15.0. The number of hydrogen-bond acceptors (Lipinski definition) is 8. The number of carbonyl (C=O) groups excluding carboxylic acids is 1. The number of nitrogens with zero attached hydrogens (tertiary/aromatic N) is 5. The number of nitrogens with one attached hydrogen (secondary N) is 3. The van der Waals surface area contributed by atoms with Gasteiger partial charge >= 0.3 is 12.1 Å². The van der Waals surface area contributed by atoms with Crippen molar-refractivity contribution in [3.63, 3.8) is 0 Å². The summed E-state index contributed by atoms with van der Waals surface area (Å²) >= 11 is 6.61. The van der Waals surface area contributed by atoms with E-state index in [9.17, 15) is 35.2 Å². The number of fused-ring (bicyclic) bond motifs is 4. The van der Waals surface area contributed by atoms with E-state index in [1.54, 1.807) is 25.1 Å². The number of anilines is 1. The molecule has 1 unspecified atom stereocenters. The SMILES string of the molecule is Cn1nc(NS(C)(=O)=O)c2c(Cl)ccc(-c3ccc(C#CC4(C)CNCCO4)nc3[C@H](Cc3cc(F)cc(F)c3)NC(=O)Cn3nc(C(F)(F)F)c4c3C(F)(F)[C@@H]3C#C[C@H]43)c21. The van der Waals surface area contributed by atoms with Gasteiger partial charge in [0.05, 0.1) is 46.4 Å². The zero-order chi connectivity index (χ0) is 43.8. The van der Waals surface area contributed by atoms with E-state index in [1.165, 1.54) is 17.8 Å². The Morgan fingerprint density at radius 3 is 2.48 bits per heavy atom. The second kappa shape index (κ2) is 15.0. The molecule has 0 spiro atoms. The molecule has 3 aromatic heterocycles. The number of aryl methyl sites for hydroxylation is 1. The van der Waals surface area contributed by atoms with Crippen molar-refractivity contribution in [2.45, 2.75) is 49.5 Å². The molecule has 61 heavy (non-hydrogen) atoms. The van der Waals surface area contributed by atoms with Gasteiger partial charge in [0, 0.05) is 42.9 Å². The summed E-state index contributed by atoms with van der Waals surface area (Å²) in [6.45, 7) is 1.98. The Labute approximate surface area is 348 Å². The standard InChI is InChI=1S/C40H32ClF7N8O4S/c1-38(19-49-12-13-60-38)11-10-23-4-5-24(25-7-9-28(41)32-34(25)55(2)53-37(32)54-61(3,58)59)33(50-23)29(16-20-14-21(42)17-22(43)15-20)51-30(57)18-56-36-31(35(52-56)40(46,47)48)26-6-8-27(26)39(36,44)45/h4-5,7,9,14-15,17,26-27,29,49H,12-13,16,18-19H2,1-3H3,(H,51,57)(H,53,54)/t26-,27+,29-,38?/m0/s1. The average molecular weight is 889 g/mol. The van der Waals surface area contributed by atoms with Crippen molar-refractivity contribution >= 4 is 44.3 Å². The third kappa shape index (κ3) is 8.00. The Bertz CT molecular complexity index is 2870. The van der Waals surface area contributed by atoms with Crippen LogP contribution < -0.4 is 15.4 Å². The lowest BCUT2D eigenvalue weighted by atomic mass is 9.84. The monoisotopic (exact) mass is 888 g/mol. The van der Waals surface area contributed by atoms with Gasteiger partial charge in [-0.25, -0.2) is 22.2 Å². The summed E-state index contributed by atoms with van der Waals surface area (Å²) in [7, 11) is -2.34. The van der Waals surface area contributed by atoms with Crippen LogP contribution in [0.3, 0.4) is 0 Å². The van der Waals surface area contributed by atoms with E-state index >= 15 is 8.78 Å². The van der Waals surface area contributed by atoms with Crippen molar-refractivity contribution in [3.8, 4) is 34.8 Å². The number of halogens is 8. The van der Waals surface area contributed by atoms with Crippen LogP contribution in [0.1, 0.15) is 52.8 Å². The molecule has 318 valence electrons. The predicted octanol–water partition coefficient (Wildman–Crippen LogP) is 5.81. The third-order valence-corrected chi connectivity index (χ3v) is 11.3. The molecule has 1 aliphatic heterocycles. The van der Waals surface area contributed by atoms with Crippen LogP contribution in [0.25, 0.3) is 22.0 Å². The minimum Gasteiger partial charge on any atom is -0.360 e. The molecule has 21 heteroatoms. The number of aromatic nitrogens is 5. The average Bonchev–Trinajstić information content (AvgIpc) is 3.71. The van der Waals surface area contributed by atoms with Crippen LogP contribution in [0.2, 0.25) is 5.02 Å². The smallest absolute Gasteiger partial charge is 0.360 e. The maximum atomic E-state index is 15.6. The first-order chi connectivity index (χ1) is 28.6. The van der Waals surface area contributed by atoms with Crippen LogP contribution in [0.5, 0.6) is 0 Å². The number of benzene rings is 2. The van der Waals surface area contributed by atoms with E-state index < -0.39 is 93.1 Å². The Kier molecular flexibility index (Phi) is 10.4. The van der Waals surface area contributed by atoms with Gasteiger partial charge in [0.15, 0.2) is 11.5 Å². The second-order valence-corrected chi connectivity index (χ2v) is 17.2. The van der Waals surface area contributed by atoms with E-state index in [2.05, 4.69) is 49.2 Å². The van der Waals surface area contributed by atoms with Gasteiger partial charge in [0.25, 0.3) is 0 Å². The van der Waals surface area contributed by atoms with Gasteiger partial charge in [-0.15, -0.1) is 0 Å². The van der Waals surface area contributed by atoms with E-state index in [1.807, 2.05) is 0 Å². The highest BCUT2D eigenvalue weighted by atomic mass is 35.5. The Hall–Kier alpha value is -5.67. The largest absolute Gasteiger partial charge is 0.435 e. The molecule has 1 fully saturated rings. The van der Waals surface area contributed by atoms with Crippen LogP contribution in [0, 0.1) is 41.2 Å². The van der Waals surface area contributed by atoms with Crippen molar-refractivity contribution < 1.29 is 48.7 Å². The molecule has 1 saturated heterocycles. The summed E-state index contributed by atoms with van der Waals surface area (Å²) in [5, 5.41) is 13.9. The van der Waals surface area contributed by atoms with E-state index in [0.717, 1.165) is 18.4 Å². The van der Waals surface area contributed by atoms with Gasteiger partial charge in [0.1, 0.15) is 41.1 Å². The van der Waals surface area contributed by atoms with Gasteiger partial charge in [-0.3, -0.25) is 18.9 Å². The maximum Gasteiger partial charge on any atom is 0.435 e. The van der Waals surface area contributed by atoms with Crippen LogP contribution in [-0.2, 0) is 51.7 Å². The number of hydrogen-bond donors (Lipinski definition) is 3. The first-order valence-corrected chi connectivity index (χ1v) is 20.7. The lowest BCUT2D eigenvalue weighted by Crippen LogP contribution is -2.46. The van der Waals surface area contributed by atoms with Gasteiger partial charge in [-0.05, 0) is 55.2 Å². The molecule has 2 aliphatic carbocycles. The van der Waals surface area contributed by atoms with Crippen molar-refractivity contribution in [3.05, 3.63) is 93.0 Å². The highest BCUT2D eigenvalue weighted by Crippen LogP contribution is 2.58. The molecule has 0 radical (unpaired) electrons. The highest BCUT2D eigenvalue weighted by Gasteiger charge is 2.62. The summed E-state index contributed by atoms with van der Waals surface area (Å²) in [6.07, 6.45) is -4.63. The molecule has 4 heterocycles. The lowest BCUT2D eigenvalue weighted by Gasteiger charge is -2.29. The Morgan fingerprint density at radius 2 is 1.84 bits per heavy atom. The molecule has 0 saturated carbocycles. The summed E-state index contributed by atoms with van der Waals surface area (Å²) in [5.41, 5.74) is -3.45. The van der Waals surface area contributed by atoms with E-state index in [0.29, 0.717) is 36.0 Å². The molecule has 8 rings (SSSR count). The topological polar surface area (TPSA) is 145 Å². The number of ether oxygens (including phenoxy) is 1. The third-order valence-electron chi connectivity index (χ3n) is 10.4. The maximum absolute atomic E-state index is 15.6. The summed E-state index contributed by atoms with van der Waals surface area (Å²) < 4.78 is 138. The number of pyridine rings is 1. The summed E-state index contributed by atoms with van der Waals surface area (Å²) in [5.74, 6) is 0.409. The number of carbonyl (C=O) groups is 1. The van der Waals surface area contributed by atoms with Crippen LogP contribution in [0.4, 0.5) is 36.6 Å². The number of sulfonamides is 1. The normalized spacial score (nSPS) is 20.7. The zero-order valence-electron chi connectivity index (χ0n) is 32.1. The van der Waals surface area contributed by atoms with Gasteiger partial charge in [-0.2, -0.15) is 32.1 Å². The van der Waals surface area contributed by atoms with E-state index in [-0.39, 0.29) is 44.3 Å². The molecule has 2 aromatic carbocycles. The van der Waals surface area contributed by atoms with Gasteiger partial charge in [-0.1, -0.05) is 35.4 Å². The fourth-order valence-electron chi connectivity index (χ4n) is 7.82. The first-order valence-electron chi connectivity index (χ1n) is 18.5. The first kappa shape index (κ1) is 42.0. The molecule has 4 atom stereocenters. The number of rotatable bonds is 9. The minimum absolute atomic E-state index is 0.00134. The van der Waals surface area contributed by atoms with Crippen LogP contribution in [0.15, 0.2) is 42.5 Å². The van der Waals surface area contributed by atoms with Crippen LogP contribution in [-0.4, -0.2) is 70.4 Å². The predicted molar refractivity (Wildman–Crippen MR) is 208 cm³/mol. The molecular weight excluding hydrogens is 857 g/mol. The molecule has 3 N–H and O–H groups in total. The van der Waals surface area contributed by atoms with E-state index in [4.69, 9.17) is 21.3 Å². The fraction of sp³-hybridized carbons (Fsp3) is 0.350. The van der Waals surface area contributed by atoms with Gasteiger partial charge < -0.3 is 15.4 Å². The van der Waals surface area contributed by atoms with Crippen molar-refractivity contribution in [2.75, 3.05) is 30.7 Å². The van der Waals surface area contributed by atoms with Crippen LogP contribution >= 0.6 is 11.6 Å². The number of morpholine rings is 1. The highest BCUT2D eigenvalue weighted by molar-refractivity contribution is 7.92.